The summed E-state index contributed by atoms with van der Waals surface area (Å²) >= 11 is 1.77. The zero-order chi connectivity index (χ0) is 21.0. The fraction of sp³-hybridized carbons (Fsp3) is 0.409. The van der Waals surface area contributed by atoms with Crippen molar-refractivity contribution in [2.24, 2.45) is 4.99 Å². The Morgan fingerprint density at radius 1 is 1.17 bits per heavy atom. The molecule has 0 aliphatic carbocycles. The van der Waals surface area contributed by atoms with Crippen molar-refractivity contribution in [3.8, 4) is 5.75 Å². The molecule has 30 heavy (non-hydrogen) atoms. The maximum atomic E-state index is 5.80. The minimum Gasteiger partial charge on any atom is -0.492 e. The van der Waals surface area contributed by atoms with Gasteiger partial charge < -0.3 is 19.9 Å². The molecule has 2 aromatic heterocycles. The van der Waals surface area contributed by atoms with Crippen LogP contribution in [-0.4, -0.2) is 47.0 Å². The molecule has 0 radical (unpaired) electrons. The van der Waals surface area contributed by atoms with Crippen LogP contribution in [0.25, 0.3) is 0 Å². The van der Waals surface area contributed by atoms with Gasteiger partial charge in [-0.2, -0.15) is 0 Å². The number of aromatic nitrogens is 3. The van der Waals surface area contributed by atoms with Gasteiger partial charge in [0, 0.05) is 37.4 Å². The number of rotatable bonds is 11. The molecular formula is C22H30N6OS. The average molecular weight is 427 g/mol. The Balaban J connectivity index is 1.46. The molecule has 0 fully saturated rings. The van der Waals surface area contributed by atoms with Gasteiger partial charge in [-0.3, -0.25) is 4.99 Å². The molecule has 2 N–H and O–H groups in total. The number of nitrogens with one attached hydrogen (secondary N) is 2. The quantitative estimate of drug-likeness (QED) is 0.280. The van der Waals surface area contributed by atoms with Crippen molar-refractivity contribution in [3.63, 3.8) is 0 Å². The van der Waals surface area contributed by atoms with Gasteiger partial charge in [0.2, 0.25) is 0 Å². The molecule has 2 heterocycles. The predicted molar refractivity (Wildman–Crippen MR) is 122 cm³/mol. The highest BCUT2D eigenvalue weighted by molar-refractivity contribution is 7.09. The van der Waals surface area contributed by atoms with Crippen LogP contribution < -0.4 is 15.4 Å². The van der Waals surface area contributed by atoms with Gasteiger partial charge in [-0.05, 0) is 30.5 Å². The second-order valence-corrected chi connectivity index (χ2v) is 7.90. The Hall–Kier alpha value is -2.87. The first-order valence-corrected chi connectivity index (χ1v) is 11.2. The van der Waals surface area contributed by atoms with Gasteiger partial charge in [0.1, 0.15) is 24.5 Å². The van der Waals surface area contributed by atoms with E-state index in [1.807, 2.05) is 12.1 Å². The third-order valence-electron chi connectivity index (χ3n) is 4.55. The van der Waals surface area contributed by atoms with Crippen molar-refractivity contribution in [1.29, 1.82) is 0 Å². The highest BCUT2D eigenvalue weighted by Gasteiger charge is 2.03. The molecule has 0 aliphatic heterocycles. The second kappa shape index (κ2) is 12.0. The molecule has 3 aromatic rings. The van der Waals surface area contributed by atoms with Crippen LogP contribution >= 0.6 is 11.3 Å². The van der Waals surface area contributed by atoms with Crippen LogP contribution in [0.1, 0.15) is 23.2 Å². The standard InChI is InChI=1S/C22H30N6OS/c1-3-21-27-26-17-28(21)14-12-24-22(23-11-10-20-5-4-16-30-20)25-13-15-29-19-8-6-18(2)7-9-19/h4-9,16-17H,3,10-15H2,1-2H3,(H2,23,24,25). The van der Waals surface area contributed by atoms with Gasteiger partial charge in [0.05, 0.1) is 6.54 Å². The molecule has 0 spiro atoms. The van der Waals surface area contributed by atoms with Gasteiger partial charge in [-0.15, -0.1) is 21.5 Å². The van der Waals surface area contributed by atoms with E-state index in [4.69, 9.17) is 9.73 Å². The largest absolute Gasteiger partial charge is 0.492 e. The molecular weight excluding hydrogens is 396 g/mol. The molecule has 0 aliphatic rings. The lowest BCUT2D eigenvalue weighted by Crippen LogP contribution is -2.41. The summed E-state index contributed by atoms with van der Waals surface area (Å²) in [5.74, 6) is 2.67. The summed E-state index contributed by atoms with van der Waals surface area (Å²) in [4.78, 5) is 6.07. The Morgan fingerprint density at radius 2 is 2.00 bits per heavy atom. The molecule has 1 aromatic carbocycles. The van der Waals surface area contributed by atoms with Crippen LogP contribution in [0.15, 0.2) is 53.1 Å². The number of thiophene rings is 1. The van der Waals surface area contributed by atoms with Gasteiger partial charge in [0.25, 0.3) is 0 Å². The lowest BCUT2D eigenvalue weighted by molar-refractivity contribution is 0.322. The number of hydrogen-bond donors (Lipinski definition) is 2. The fourth-order valence-corrected chi connectivity index (χ4v) is 3.61. The van der Waals surface area contributed by atoms with Crippen LogP contribution in [0, 0.1) is 6.92 Å². The number of aliphatic imine (C=N–C) groups is 1. The van der Waals surface area contributed by atoms with Crippen LogP contribution in [-0.2, 0) is 19.4 Å². The van der Waals surface area contributed by atoms with Crippen molar-refractivity contribution in [1.82, 2.24) is 25.4 Å². The van der Waals surface area contributed by atoms with Crippen LogP contribution in [0.5, 0.6) is 5.75 Å². The van der Waals surface area contributed by atoms with E-state index in [-0.39, 0.29) is 0 Å². The van der Waals surface area contributed by atoms with Crippen molar-refractivity contribution < 1.29 is 4.74 Å². The molecule has 8 heteroatoms. The molecule has 3 rings (SSSR count). The van der Waals surface area contributed by atoms with Gasteiger partial charge in [-0.25, -0.2) is 0 Å². The molecule has 0 saturated heterocycles. The third-order valence-corrected chi connectivity index (χ3v) is 5.49. The normalized spacial score (nSPS) is 11.5. The smallest absolute Gasteiger partial charge is 0.191 e. The summed E-state index contributed by atoms with van der Waals surface area (Å²) in [6.45, 7) is 7.67. The Bertz CT molecular complexity index is 889. The zero-order valence-corrected chi connectivity index (χ0v) is 18.5. The van der Waals surface area contributed by atoms with Crippen LogP contribution in [0.3, 0.4) is 0 Å². The molecule has 0 atom stereocenters. The van der Waals surface area contributed by atoms with Gasteiger partial charge in [-0.1, -0.05) is 30.7 Å². The Kier molecular flexibility index (Phi) is 8.71. The molecule has 0 unspecified atom stereocenters. The van der Waals surface area contributed by atoms with E-state index in [2.05, 4.69) is 68.9 Å². The number of guanidine groups is 1. The van der Waals surface area contributed by atoms with Gasteiger partial charge >= 0.3 is 0 Å². The number of benzene rings is 1. The van der Waals surface area contributed by atoms with Crippen molar-refractivity contribution >= 4 is 17.3 Å². The Morgan fingerprint density at radius 3 is 2.77 bits per heavy atom. The van der Waals surface area contributed by atoms with Crippen LogP contribution in [0.4, 0.5) is 0 Å². The number of aryl methyl sites for hydroxylation is 2. The highest BCUT2D eigenvalue weighted by Crippen LogP contribution is 2.11. The molecule has 0 amide bonds. The number of ether oxygens (including phenoxy) is 1. The summed E-state index contributed by atoms with van der Waals surface area (Å²) in [5, 5.41) is 17.0. The SMILES string of the molecule is CCc1nncn1CCNC(=NCCc1cccs1)NCCOc1ccc(C)cc1. The predicted octanol–water partition coefficient (Wildman–Crippen LogP) is 3.07. The number of hydrogen-bond acceptors (Lipinski definition) is 5. The summed E-state index contributed by atoms with van der Waals surface area (Å²) in [7, 11) is 0. The van der Waals surface area contributed by atoms with E-state index in [0.29, 0.717) is 13.2 Å². The Labute approximate surface area is 182 Å². The monoisotopic (exact) mass is 426 g/mol. The highest BCUT2D eigenvalue weighted by atomic mass is 32.1. The molecule has 0 saturated carbocycles. The molecule has 160 valence electrons. The van der Waals surface area contributed by atoms with Crippen molar-refractivity contribution in [3.05, 3.63) is 64.4 Å². The first kappa shape index (κ1) is 21.8. The lowest BCUT2D eigenvalue weighted by Gasteiger charge is -2.14. The molecule has 7 nitrogen and oxygen atoms in total. The summed E-state index contributed by atoms with van der Waals surface area (Å²) in [6, 6.07) is 12.3. The van der Waals surface area contributed by atoms with Crippen molar-refractivity contribution in [2.45, 2.75) is 33.2 Å². The summed E-state index contributed by atoms with van der Waals surface area (Å²) in [5.41, 5.74) is 1.23. The van der Waals surface area contributed by atoms with E-state index < -0.39 is 0 Å². The zero-order valence-electron chi connectivity index (χ0n) is 17.7. The van der Waals surface area contributed by atoms with E-state index >= 15 is 0 Å². The topological polar surface area (TPSA) is 76.4 Å². The summed E-state index contributed by atoms with van der Waals surface area (Å²) in [6.07, 6.45) is 3.59. The van der Waals surface area contributed by atoms with Crippen molar-refractivity contribution in [2.75, 3.05) is 26.2 Å². The minimum absolute atomic E-state index is 0.570. The summed E-state index contributed by atoms with van der Waals surface area (Å²) < 4.78 is 7.87. The first-order chi connectivity index (χ1) is 14.7. The third kappa shape index (κ3) is 7.18. The van der Waals surface area contributed by atoms with E-state index in [0.717, 1.165) is 50.0 Å². The van der Waals surface area contributed by atoms with E-state index in [1.165, 1.54) is 10.4 Å². The minimum atomic E-state index is 0.570. The van der Waals surface area contributed by atoms with E-state index in [9.17, 15) is 0 Å². The lowest BCUT2D eigenvalue weighted by atomic mass is 10.2. The van der Waals surface area contributed by atoms with E-state index in [1.54, 1.807) is 17.7 Å². The maximum Gasteiger partial charge on any atom is 0.191 e. The van der Waals surface area contributed by atoms with Gasteiger partial charge in [0.15, 0.2) is 5.96 Å². The fourth-order valence-electron chi connectivity index (χ4n) is 2.91. The van der Waals surface area contributed by atoms with Crippen LogP contribution in [0.2, 0.25) is 0 Å². The average Bonchev–Trinajstić information content (AvgIpc) is 3.44. The second-order valence-electron chi connectivity index (χ2n) is 6.87. The maximum absolute atomic E-state index is 5.80. The number of nitrogens with zero attached hydrogens (tertiary/aromatic N) is 4. The molecule has 0 bridgehead atoms. The first-order valence-electron chi connectivity index (χ1n) is 10.4.